The van der Waals surface area contributed by atoms with E-state index in [0.717, 1.165) is 49.6 Å². The molecule has 1 aliphatic heterocycles. The fourth-order valence-electron chi connectivity index (χ4n) is 3.65. The van der Waals surface area contributed by atoms with E-state index in [1.165, 1.54) is 0 Å². The number of fused-ring (bicyclic) bond motifs is 1. The zero-order valence-electron chi connectivity index (χ0n) is 15.7. The van der Waals surface area contributed by atoms with E-state index in [0.29, 0.717) is 11.3 Å². The Balaban J connectivity index is 1.43. The van der Waals surface area contributed by atoms with Gasteiger partial charge in [-0.05, 0) is 51.4 Å². The Labute approximate surface area is 158 Å². The van der Waals surface area contributed by atoms with E-state index in [-0.39, 0.29) is 11.9 Å². The molecule has 1 aliphatic rings. The van der Waals surface area contributed by atoms with Gasteiger partial charge in [0.2, 0.25) is 0 Å². The summed E-state index contributed by atoms with van der Waals surface area (Å²) in [5.41, 5.74) is 4.00. The Kier molecular flexibility index (Phi) is 4.85. The number of hydrogen-bond donors (Lipinski definition) is 1. The lowest BCUT2D eigenvalue weighted by molar-refractivity contribution is 0.0895. The minimum atomic E-state index is -0.121. The first-order valence-corrected chi connectivity index (χ1v) is 9.35. The van der Waals surface area contributed by atoms with E-state index in [4.69, 9.17) is 0 Å². The van der Waals surface area contributed by atoms with E-state index >= 15 is 0 Å². The third-order valence-electron chi connectivity index (χ3n) is 4.91. The van der Waals surface area contributed by atoms with E-state index in [2.05, 4.69) is 25.3 Å². The molecule has 0 aromatic carbocycles. The Bertz CT molecular complexity index is 952. The molecule has 1 saturated heterocycles. The van der Waals surface area contributed by atoms with Crippen LogP contribution in [0.5, 0.6) is 0 Å². The maximum atomic E-state index is 12.7. The highest BCUT2D eigenvalue weighted by molar-refractivity contribution is 5.93. The lowest BCUT2D eigenvalue weighted by Gasteiger charge is -2.32. The monoisotopic (exact) mass is 364 g/mol. The average Bonchev–Trinajstić information content (AvgIpc) is 3.04. The van der Waals surface area contributed by atoms with Crippen molar-refractivity contribution in [3.63, 3.8) is 0 Å². The lowest BCUT2D eigenvalue weighted by atomic mass is 10.1. The van der Waals surface area contributed by atoms with Crippen LogP contribution in [0.15, 0.2) is 36.5 Å². The van der Waals surface area contributed by atoms with Crippen molar-refractivity contribution in [1.29, 1.82) is 0 Å². The van der Waals surface area contributed by atoms with Crippen molar-refractivity contribution in [1.82, 2.24) is 29.8 Å². The Morgan fingerprint density at radius 3 is 3.00 bits per heavy atom. The van der Waals surface area contributed by atoms with Gasteiger partial charge < -0.3 is 5.32 Å². The first kappa shape index (κ1) is 17.6. The van der Waals surface area contributed by atoms with Crippen LogP contribution in [0.4, 0.5) is 0 Å². The van der Waals surface area contributed by atoms with Crippen LogP contribution in [0.1, 0.15) is 40.4 Å². The van der Waals surface area contributed by atoms with E-state index in [1.807, 2.05) is 44.3 Å². The topological polar surface area (TPSA) is 75.4 Å². The molecule has 3 aromatic rings. The van der Waals surface area contributed by atoms with E-state index in [1.54, 1.807) is 10.6 Å². The Hall–Kier alpha value is -2.80. The summed E-state index contributed by atoms with van der Waals surface area (Å²) in [7, 11) is 0. The van der Waals surface area contributed by atoms with Gasteiger partial charge >= 0.3 is 0 Å². The molecule has 1 atom stereocenters. The Morgan fingerprint density at radius 2 is 2.19 bits per heavy atom. The number of amides is 1. The van der Waals surface area contributed by atoms with Gasteiger partial charge in [-0.3, -0.25) is 14.7 Å². The number of carbonyl (C=O) groups excluding carboxylic acids is 1. The predicted molar refractivity (Wildman–Crippen MR) is 102 cm³/mol. The van der Waals surface area contributed by atoms with Crippen molar-refractivity contribution in [2.75, 3.05) is 13.1 Å². The number of piperidine rings is 1. The molecule has 0 unspecified atom stereocenters. The highest BCUT2D eigenvalue weighted by Crippen LogP contribution is 2.14. The van der Waals surface area contributed by atoms with Crippen molar-refractivity contribution in [2.24, 2.45) is 0 Å². The Morgan fingerprint density at radius 1 is 1.30 bits per heavy atom. The van der Waals surface area contributed by atoms with Crippen molar-refractivity contribution >= 4 is 11.6 Å². The standard InChI is InChI=1S/C20H24N6O/c1-14-10-19-23-18(11-15(2)26(19)24-14)20(27)22-17-7-5-9-25(13-17)12-16-6-3-4-8-21-16/h3-4,6,8,10-11,17H,5,7,9,12-13H2,1-2H3,(H,22,27)/t17-/m1/s1. The summed E-state index contributed by atoms with van der Waals surface area (Å²) in [4.78, 5) is 24.0. The van der Waals surface area contributed by atoms with Crippen molar-refractivity contribution in [2.45, 2.75) is 39.3 Å². The second-order valence-electron chi connectivity index (χ2n) is 7.21. The molecule has 0 spiro atoms. The molecule has 27 heavy (non-hydrogen) atoms. The highest BCUT2D eigenvalue weighted by Gasteiger charge is 2.23. The number of nitrogens with one attached hydrogen (secondary N) is 1. The van der Waals surface area contributed by atoms with Gasteiger partial charge in [-0.15, -0.1) is 0 Å². The van der Waals surface area contributed by atoms with Crippen molar-refractivity contribution in [3.05, 3.63) is 59.3 Å². The zero-order valence-corrected chi connectivity index (χ0v) is 15.7. The van der Waals surface area contributed by atoms with E-state index in [9.17, 15) is 4.79 Å². The van der Waals surface area contributed by atoms with Crippen LogP contribution < -0.4 is 5.32 Å². The van der Waals surface area contributed by atoms with Gasteiger partial charge in [0.1, 0.15) is 5.69 Å². The summed E-state index contributed by atoms with van der Waals surface area (Å²) in [6.07, 6.45) is 3.86. The first-order chi connectivity index (χ1) is 13.1. The molecule has 0 aliphatic carbocycles. The van der Waals surface area contributed by atoms with Gasteiger partial charge in [-0.2, -0.15) is 5.10 Å². The number of carbonyl (C=O) groups is 1. The molecule has 7 heteroatoms. The van der Waals surface area contributed by atoms with Gasteiger partial charge in [0.15, 0.2) is 5.65 Å². The molecule has 4 rings (SSSR count). The molecule has 4 heterocycles. The van der Waals surface area contributed by atoms with Crippen molar-refractivity contribution in [3.8, 4) is 0 Å². The molecular formula is C20H24N6O. The number of pyridine rings is 1. The maximum absolute atomic E-state index is 12.7. The van der Waals surface area contributed by atoms with Crippen LogP contribution in [0, 0.1) is 13.8 Å². The number of aryl methyl sites for hydroxylation is 2. The fraction of sp³-hybridized carbons (Fsp3) is 0.400. The van der Waals surface area contributed by atoms with Crippen LogP contribution >= 0.6 is 0 Å². The summed E-state index contributed by atoms with van der Waals surface area (Å²) in [5.74, 6) is -0.121. The minimum Gasteiger partial charge on any atom is -0.347 e. The summed E-state index contributed by atoms with van der Waals surface area (Å²) in [6, 6.07) is 9.78. The molecule has 1 N–H and O–H groups in total. The summed E-state index contributed by atoms with van der Waals surface area (Å²) in [6.45, 7) is 6.53. The van der Waals surface area contributed by atoms with Gasteiger partial charge in [0.05, 0.1) is 11.4 Å². The number of rotatable bonds is 4. The second-order valence-corrected chi connectivity index (χ2v) is 7.21. The number of aromatic nitrogens is 4. The smallest absolute Gasteiger partial charge is 0.270 e. The quantitative estimate of drug-likeness (QED) is 0.768. The lowest BCUT2D eigenvalue weighted by Crippen LogP contribution is -2.47. The second kappa shape index (κ2) is 7.44. The highest BCUT2D eigenvalue weighted by atomic mass is 16.2. The minimum absolute atomic E-state index is 0.121. The third-order valence-corrected chi connectivity index (χ3v) is 4.91. The van der Waals surface area contributed by atoms with Crippen LogP contribution in [-0.2, 0) is 6.54 Å². The maximum Gasteiger partial charge on any atom is 0.270 e. The molecule has 3 aromatic heterocycles. The third kappa shape index (κ3) is 3.98. The predicted octanol–water partition coefficient (Wildman–Crippen LogP) is 2.14. The summed E-state index contributed by atoms with van der Waals surface area (Å²) in [5, 5.41) is 7.54. The van der Waals surface area contributed by atoms with Crippen LogP contribution in [0.2, 0.25) is 0 Å². The number of nitrogens with zero attached hydrogens (tertiary/aromatic N) is 5. The fourth-order valence-corrected chi connectivity index (χ4v) is 3.65. The molecular weight excluding hydrogens is 340 g/mol. The van der Waals surface area contributed by atoms with Gasteiger partial charge in [-0.1, -0.05) is 6.07 Å². The average molecular weight is 364 g/mol. The molecule has 140 valence electrons. The van der Waals surface area contributed by atoms with Crippen LogP contribution in [0.3, 0.4) is 0 Å². The number of hydrogen-bond acceptors (Lipinski definition) is 5. The van der Waals surface area contributed by atoms with Gasteiger partial charge in [-0.25, -0.2) is 9.50 Å². The summed E-state index contributed by atoms with van der Waals surface area (Å²) >= 11 is 0. The molecule has 7 nitrogen and oxygen atoms in total. The molecule has 0 radical (unpaired) electrons. The molecule has 0 bridgehead atoms. The van der Waals surface area contributed by atoms with Crippen molar-refractivity contribution < 1.29 is 4.79 Å². The van der Waals surface area contributed by atoms with Crippen LogP contribution in [-0.4, -0.2) is 49.5 Å². The largest absolute Gasteiger partial charge is 0.347 e. The number of likely N-dealkylation sites (tertiary alicyclic amines) is 1. The normalized spacial score (nSPS) is 17.9. The van der Waals surface area contributed by atoms with Gasteiger partial charge in [0, 0.05) is 37.1 Å². The SMILES string of the molecule is Cc1cc2nc(C(=O)N[C@@H]3CCCN(Cc4ccccn4)C3)cc(C)n2n1. The first-order valence-electron chi connectivity index (χ1n) is 9.35. The zero-order chi connectivity index (χ0) is 18.8. The molecule has 1 amide bonds. The van der Waals surface area contributed by atoms with E-state index < -0.39 is 0 Å². The summed E-state index contributed by atoms with van der Waals surface area (Å²) < 4.78 is 1.77. The molecule has 1 fully saturated rings. The molecule has 0 saturated carbocycles. The van der Waals surface area contributed by atoms with Gasteiger partial charge in [0.25, 0.3) is 5.91 Å². The van der Waals surface area contributed by atoms with Crippen LogP contribution in [0.25, 0.3) is 5.65 Å².